The van der Waals surface area contributed by atoms with Crippen LogP contribution in [-0.4, -0.2) is 43.1 Å². The molecule has 4 nitrogen and oxygen atoms in total. The molecule has 1 atom stereocenters. The number of rotatable bonds is 14. The predicted molar refractivity (Wildman–Crippen MR) is 119 cm³/mol. The summed E-state index contributed by atoms with van der Waals surface area (Å²) in [5, 5.41) is 0. The van der Waals surface area contributed by atoms with Crippen LogP contribution in [0.15, 0.2) is 24.3 Å². The van der Waals surface area contributed by atoms with Gasteiger partial charge in [0.2, 0.25) is 0 Å². The van der Waals surface area contributed by atoms with Crippen LogP contribution in [0.1, 0.15) is 34.1 Å². The van der Waals surface area contributed by atoms with Gasteiger partial charge in [0.1, 0.15) is 18.1 Å². The Hall–Kier alpha value is -0.826. The second kappa shape index (κ2) is 11.9. The third kappa shape index (κ3) is 8.38. The summed E-state index contributed by atoms with van der Waals surface area (Å²) in [4.78, 5) is 0. The predicted octanol–water partition coefficient (Wildman–Crippen LogP) is 6.10. The van der Waals surface area contributed by atoms with Crippen LogP contribution in [0.3, 0.4) is 0 Å². The fourth-order valence-corrected chi connectivity index (χ4v) is 6.09. The van der Waals surface area contributed by atoms with Crippen molar-refractivity contribution in [2.45, 2.75) is 77.5 Å². The molecule has 0 aliphatic rings. The standard InChI is InChI=1S/C21H40O4Si2/c1-8-26(6,9-2)24-17-16-21(25-27(7,10-3)11-4)18-23-20-14-12-19(22-5)13-15-20/h12-15,21H,8-11,16-18H2,1-7H3/t21-/m1/s1. The summed E-state index contributed by atoms with van der Waals surface area (Å²) in [5.74, 6) is 1.69. The molecule has 0 aromatic heterocycles. The van der Waals surface area contributed by atoms with Gasteiger partial charge in [-0.1, -0.05) is 27.7 Å². The van der Waals surface area contributed by atoms with E-state index in [9.17, 15) is 0 Å². The van der Waals surface area contributed by atoms with E-state index in [0.29, 0.717) is 6.61 Å². The number of ether oxygens (including phenoxy) is 2. The summed E-state index contributed by atoms with van der Waals surface area (Å²) in [6.07, 6.45) is 0.970. The fourth-order valence-electron chi connectivity index (χ4n) is 2.75. The summed E-state index contributed by atoms with van der Waals surface area (Å²) < 4.78 is 24.2. The SMILES string of the molecule is CC[Si](C)(CC)OCC[C@H](COc1ccc(OC)cc1)O[Si](C)(CC)CC. The maximum Gasteiger partial charge on any atom is 0.189 e. The minimum Gasteiger partial charge on any atom is -0.497 e. The lowest BCUT2D eigenvalue weighted by Gasteiger charge is -2.32. The Kier molecular flexibility index (Phi) is 10.7. The molecule has 0 bridgehead atoms. The van der Waals surface area contributed by atoms with Crippen LogP contribution >= 0.6 is 0 Å². The molecule has 156 valence electrons. The topological polar surface area (TPSA) is 36.9 Å². The second-order valence-electron chi connectivity index (χ2n) is 7.68. The van der Waals surface area contributed by atoms with E-state index < -0.39 is 16.6 Å². The Morgan fingerprint density at radius 1 is 0.815 bits per heavy atom. The van der Waals surface area contributed by atoms with Crippen molar-refractivity contribution < 1.29 is 18.3 Å². The van der Waals surface area contributed by atoms with Crippen molar-refractivity contribution in [1.29, 1.82) is 0 Å². The molecule has 27 heavy (non-hydrogen) atoms. The molecule has 0 amide bonds. The first-order chi connectivity index (χ1) is 12.8. The summed E-state index contributed by atoms with van der Waals surface area (Å²) >= 11 is 0. The van der Waals surface area contributed by atoms with Crippen LogP contribution in [0.4, 0.5) is 0 Å². The van der Waals surface area contributed by atoms with Crippen LogP contribution in [0.5, 0.6) is 11.5 Å². The molecule has 1 rings (SSSR count). The number of hydrogen-bond donors (Lipinski definition) is 0. The number of hydrogen-bond acceptors (Lipinski definition) is 4. The van der Waals surface area contributed by atoms with Crippen LogP contribution in [-0.2, 0) is 8.85 Å². The van der Waals surface area contributed by atoms with E-state index in [4.69, 9.17) is 18.3 Å². The maximum atomic E-state index is 6.61. The van der Waals surface area contributed by atoms with Gasteiger partial charge in [-0.25, -0.2) is 0 Å². The monoisotopic (exact) mass is 412 g/mol. The molecule has 0 radical (unpaired) electrons. The van der Waals surface area contributed by atoms with E-state index in [1.54, 1.807) is 7.11 Å². The Labute approximate surface area is 168 Å². The van der Waals surface area contributed by atoms with E-state index in [2.05, 4.69) is 40.8 Å². The van der Waals surface area contributed by atoms with Gasteiger partial charge in [-0.05, 0) is 68.0 Å². The first kappa shape index (κ1) is 24.2. The minimum absolute atomic E-state index is 0.0793. The molecule has 1 aromatic rings. The zero-order valence-corrected chi connectivity index (χ0v) is 20.5. The van der Waals surface area contributed by atoms with Gasteiger partial charge in [0.05, 0.1) is 13.2 Å². The summed E-state index contributed by atoms with van der Waals surface area (Å²) in [6, 6.07) is 12.3. The van der Waals surface area contributed by atoms with Crippen molar-refractivity contribution in [2.24, 2.45) is 0 Å². The maximum absolute atomic E-state index is 6.61. The molecule has 0 heterocycles. The molecule has 0 spiro atoms. The van der Waals surface area contributed by atoms with Gasteiger partial charge in [0, 0.05) is 6.61 Å². The van der Waals surface area contributed by atoms with Gasteiger partial charge in [-0.15, -0.1) is 0 Å². The fraction of sp³-hybridized carbons (Fsp3) is 0.714. The molecule has 0 fully saturated rings. The van der Waals surface area contributed by atoms with E-state index >= 15 is 0 Å². The first-order valence-corrected chi connectivity index (χ1v) is 16.1. The van der Waals surface area contributed by atoms with Gasteiger partial charge in [0.25, 0.3) is 0 Å². The molecular weight excluding hydrogens is 372 g/mol. The van der Waals surface area contributed by atoms with E-state index in [1.165, 1.54) is 0 Å². The second-order valence-corrected chi connectivity index (χ2v) is 16.8. The van der Waals surface area contributed by atoms with Crippen LogP contribution < -0.4 is 9.47 Å². The highest BCUT2D eigenvalue weighted by Gasteiger charge is 2.30. The Morgan fingerprint density at radius 3 is 1.81 bits per heavy atom. The molecular formula is C21H40O4Si2. The van der Waals surface area contributed by atoms with Gasteiger partial charge in [-0.3, -0.25) is 0 Å². The Morgan fingerprint density at radius 2 is 1.33 bits per heavy atom. The van der Waals surface area contributed by atoms with Gasteiger partial charge >= 0.3 is 0 Å². The van der Waals surface area contributed by atoms with Crippen LogP contribution in [0.2, 0.25) is 37.3 Å². The largest absolute Gasteiger partial charge is 0.497 e. The molecule has 0 aliphatic heterocycles. The van der Waals surface area contributed by atoms with E-state index in [-0.39, 0.29) is 6.10 Å². The third-order valence-electron chi connectivity index (χ3n) is 5.83. The van der Waals surface area contributed by atoms with Crippen molar-refractivity contribution in [3.05, 3.63) is 24.3 Å². The van der Waals surface area contributed by atoms with Crippen molar-refractivity contribution in [2.75, 3.05) is 20.3 Å². The Balaban J connectivity index is 2.68. The molecule has 0 unspecified atom stereocenters. The quantitative estimate of drug-likeness (QED) is 0.346. The first-order valence-electron chi connectivity index (χ1n) is 10.4. The third-order valence-corrected chi connectivity index (χ3v) is 13.6. The molecule has 1 aromatic carbocycles. The summed E-state index contributed by atoms with van der Waals surface area (Å²) in [6.45, 7) is 15.0. The zero-order chi connectivity index (χ0) is 20.3. The zero-order valence-electron chi connectivity index (χ0n) is 18.5. The molecule has 6 heteroatoms. The van der Waals surface area contributed by atoms with Crippen molar-refractivity contribution in [3.8, 4) is 11.5 Å². The van der Waals surface area contributed by atoms with E-state index in [0.717, 1.165) is 48.7 Å². The molecule has 0 N–H and O–H groups in total. The minimum atomic E-state index is -1.67. The summed E-state index contributed by atoms with van der Waals surface area (Å²) in [7, 11) is -1.53. The van der Waals surface area contributed by atoms with E-state index in [1.807, 2.05) is 24.3 Å². The van der Waals surface area contributed by atoms with Crippen molar-refractivity contribution in [3.63, 3.8) is 0 Å². The number of benzene rings is 1. The normalized spacial score (nSPS) is 13.4. The molecule has 0 saturated heterocycles. The number of methoxy groups -OCH3 is 1. The van der Waals surface area contributed by atoms with Crippen molar-refractivity contribution >= 4 is 16.6 Å². The van der Waals surface area contributed by atoms with Gasteiger partial charge < -0.3 is 18.3 Å². The van der Waals surface area contributed by atoms with Crippen LogP contribution in [0.25, 0.3) is 0 Å². The lowest BCUT2D eigenvalue weighted by Crippen LogP contribution is -2.41. The average molecular weight is 413 g/mol. The van der Waals surface area contributed by atoms with Gasteiger partial charge in [-0.2, -0.15) is 0 Å². The highest BCUT2D eigenvalue weighted by Crippen LogP contribution is 2.23. The smallest absolute Gasteiger partial charge is 0.189 e. The lowest BCUT2D eigenvalue weighted by molar-refractivity contribution is 0.0956. The van der Waals surface area contributed by atoms with Crippen molar-refractivity contribution in [1.82, 2.24) is 0 Å². The average Bonchev–Trinajstić information content (AvgIpc) is 2.71. The van der Waals surface area contributed by atoms with Crippen LogP contribution in [0, 0.1) is 0 Å². The Bertz CT molecular complexity index is 513. The summed E-state index contributed by atoms with van der Waals surface area (Å²) in [5.41, 5.74) is 0. The van der Waals surface area contributed by atoms with Gasteiger partial charge in [0.15, 0.2) is 16.6 Å². The molecule has 0 aliphatic carbocycles. The molecule has 0 saturated carbocycles. The highest BCUT2D eigenvalue weighted by molar-refractivity contribution is 6.72. The lowest BCUT2D eigenvalue weighted by atomic mass is 10.3. The highest BCUT2D eigenvalue weighted by atomic mass is 28.4.